The summed E-state index contributed by atoms with van der Waals surface area (Å²) in [6, 6.07) is 0. The van der Waals surface area contributed by atoms with Crippen LogP contribution >= 0.6 is 11.3 Å². The Morgan fingerprint density at radius 2 is 2.05 bits per heavy atom. The lowest BCUT2D eigenvalue weighted by Gasteiger charge is -2.16. The van der Waals surface area contributed by atoms with Gasteiger partial charge in [-0.3, -0.25) is 10.1 Å². The minimum atomic E-state index is -0.427. The molecule has 9 heteroatoms. The number of aryl methyl sites for hydroxylation is 2. The highest BCUT2D eigenvalue weighted by atomic mass is 32.1. The second kappa shape index (κ2) is 5.84. The largest absolute Gasteiger partial charge is 0.353 e. The van der Waals surface area contributed by atoms with Crippen molar-refractivity contribution in [1.82, 2.24) is 15.0 Å². The van der Waals surface area contributed by atoms with Crippen LogP contribution in [0.4, 0.5) is 22.5 Å². The lowest BCUT2D eigenvalue weighted by molar-refractivity contribution is -0.383. The van der Waals surface area contributed by atoms with Gasteiger partial charge in [0.25, 0.3) is 0 Å². The van der Waals surface area contributed by atoms with E-state index in [0.29, 0.717) is 10.9 Å². The van der Waals surface area contributed by atoms with Crippen LogP contribution in [0.5, 0.6) is 0 Å². The first-order chi connectivity index (χ1) is 10.6. The molecule has 1 fully saturated rings. The monoisotopic (exact) mass is 320 g/mol. The fourth-order valence-corrected chi connectivity index (χ4v) is 3.23. The summed E-state index contributed by atoms with van der Waals surface area (Å²) >= 11 is 1.45. The number of nitro groups is 1. The van der Waals surface area contributed by atoms with E-state index in [1.807, 2.05) is 18.7 Å². The fraction of sp³-hybridized carbons (Fsp3) is 0.462. The van der Waals surface area contributed by atoms with Gasteiger partial charge in [-0.2, -0.15) is 0 Å². The zero-order valence-corrected chi connectivity index (χ0v) is 13.2. The highest BCUT2D eigenvalue weighted by molar-refractivity contribution is 7.15. The predicted molar refractivity (Wildman–Crippen MR) is 85.0 cm³/mol. The van der Waals surface area contributed by atoms with Crippen molar-refractivity contribution < 1.29 is 4.92 Å². The molecule has 3 heterocycles. The standard InChI is InChI=1S/C13H16N6O2S/c1-8-9(2)22-13(16-8)17-11-10(19(20)21)12(15-7-14-11)18-5-3-4-6-18/h7H,3-6H2,1-2H3,(H,14,15,16,17). The molecule has 1 aliphatic rings. The number of aromatic nitrogens is 3. The van der Waals surface area contributed by atoms with Crippen molar-refractivity contribution in [2.45, 2.75) is 26.7 Å². The minimum absolute atomic E-state index is 0.0880. The van der Waals surface area contributed by atoms with E-state index in [-0.39, 0.29) is 11.5 Å². The van der Waals surface area contributed by atoms with Crippen LogP contribution < -0.4 is 10.2 Å². The summed E-state index contributed by atoms with van der Waals surface area (Å²) in [7, 11) is 0. The van der Waals surface area contributed by atoms with Gasteiger partial charge in [-0.05, 0) is 26.7 Å². The number of hydrogen-bond donors (Lipinski definition) is 1. The maximum absolute atomic E-state index is 11.5. The lowest BCUT2D eigenvalue weighted by atomic mass is 10.4. The van der Waals surface area contributed by atoms with Crippen LogP contribution in [0, 0.1) is 24.0 Å². The van der Waals surface area contributed by atoms with Crippen LogP contribution in [-0.2, 0) is 0 Å². The Balaban J connectivity index is 1.99. The zero-order valence-electron chi connectivity index (χ0n) is 12.4. The molecule has 22 heavy (non-hydrogen) atoms. The molecule has 116 valence electrons. The summed E-state index contributed by atoms with van der Waals surface area (Å²) in [4.78, 5) is 26.6. The van der Waals surface area contributed by atoms with Gasteiger partial charge in [0.15, 0.2) is 5.13 Å². The Labute approximate surface area is 131 Å². The molecule has 1 aliphatic heterocycles. The van der Waals surface area contributed by atoms with Crippen LogP contribution in [0.3, 0.4) is 0 Å². The van der Waals surface area contributed by atoms with E-state index in [4.69, 9.17) is 0 Å². The van der Waals surface area contributed by atoms with Crippen molar-refractivity contribution >= 4 is 33.8 Å². The van der Waals surface area contributed by atoms with Crippen LogP contribution in [0.1, 0.15) is 23.4 Å². The first-order valence-corrected chi connectivity index (χ1v) is 7.83. The smallest absolute Gasteiger partial charge is 0.351 e. The van der Waals surface area contributed by atoms with Crippen molar-refractivity contribution in [2.24, 2.45) is 0 Å². The summed E-state index contributed by atoms with van der Waals surface area (Å²) in [5.41, 5.74) is 0.818. The van der Waals surface area contributed by atoms with E-state index in [2.05, 4.69) is 20.3 Å². The zero-order chi connectivity index (χ0) is 15.7. The molecule has 0 spiro atoms. The molecule has 2 aromatic rings. The molecular weight excluding hydrogens is 304 g/mol. The van der Waals surface area contributed by atoms with E-state index in [0.717, 1.165) is 36.5 Å². The second-order valence-electron chi connectivity index (χ2n) is 5.13. The summed E-state index contributed by atoms with van der Waals surface area (Å²) in [5, 5.41) is 15.1. The van der Waals surface area contributed by atoms with Crippen LogP contribution in [0.15, 0.2) is 6.33 Å². The number of thiazole rings is 1. The number of nitrogens with one attached hydrogen (secondary N) is 1. The molecule has 0 unspecified atom stereocenters. The summed E-state index contributed by atoms with van der Waals surface area (Å²) < 4.78 is 0. The SMILES string of the molecule is Cc1nc(Nc2ncnc(N3CCCC3)c2[N+](=O)[O-])sc1C. The molecule has 0 saturated carbocycles. The van der Waals surface area contributed by atoms with Gasteiger partial charge >= 0.3 is 5.69 Å². The Morgan fingerprint density at radius 3 is 2.64 bits per heavy atom. The third kappa shape index (κ3) is 2.71. The van der Waals surface area contributed by atoms with E-state index < -0.39 is 4.92 Å². The first-order valence-electron chi connectivity index (χ1n) is 7.01. The summed E-state index contributed by atoms with van der Waals surface area (Å²) in [6.45, 7) is 5.43. The molecule has 1 N–H and O–H groups in total. The second-order valence-corrected chi connectivity index (χ2v) is 6.33. The van der Waals surface area contributed by atoms with Gasteiger partial charge in [0.1, 0.15) is 6.33 Å². The number of nitrogens with zero attached hydrogens (tertiary/aromatic N) is 5. The first kappa shape index (κ1) is 14.6. The van der Waals surface area contributed by atoms with Crippen LogP contribution in [0.2, 0.25) is 0 Å². The van der Waals surface area contributed by atoms with Crippen LogP contribution in [-0.4, -0.2) is 33.0 Å². The highest BCUT2D eigenvalue weighted by Crippen LogP contribution is 2.35. The van der Waals surface area contributed by atoms with Crippen molar-refractivity contribution in [3.63, 3.8) is 0 Å². The third-order valence-corrected chi connectivity index (χ3v) is 4.63. The van der Waals surface area contributed by atoms with Gasteiger partial charge in [0, 0.05) is 18.0 Å². The van der Waals surface area contributed by atoms with Crippen molar-refractivity contribution in [3.8, 4) is 0 Å². The number of anilines is 3. The third-order valence-electron chi connectivity index (χ3n) is 3.64. The van der Waals surface area contributed by atoms with Gasteiger partial charge in [0.2, 0.25) is 11.6 Å². The van der Waals surface area contributed by atoms with E-state index in [9.17, 15) is 10.1 Å². The molecule has 0 aliphatic carbocycles. The molecule has 8 nitrogen and oxygen atoms in total. The lowest BCUT2D eigenvalue weighted by Crippen LogP contribution is -2.21. The molecule has 0 bridgehead atoms. The van der Waals surface area contributed by atoms with Gasteiger partial charge in [-0.15, -0.1) is 11.3 Å². The van der Waals surface area contributed by atoms with E-state index in [1.54, 1.807) is 0 Å². The molecule has 2 aromatic heterocycles. The molecule has 0 amide bonds. The number of rotatable bonds is 4. The highest BCUT2D eigenvalue weighted by Gasteiger charge is 2.29. The molecule has 1 saturated heterocycles. The minimum Gasteiger partial charge on any atom is -0.351 e. The Kier molecular flexibility index (Phi) is 3.88. The molecular formula is C13H16N6O2S. The number of hydrogen-bond acceptors (Lipinski definition) is 8. The van der Waals surface area contributed by atoms with Crippen molar-refractivity contribution in [2.75, 3.05) is 23.3 Å². The predicted octanol–water partition coefficient (Wildman–Crippen LogP) is 2.80. The normalized spacial score (nSPS) is 14.4. The van der Waals surface area contributed by atoms with Crippen molar-refractivity contribution in [1.29, 1.82) is 0 Å². The average Bonchev–Trinajstić information content (AvgIpc) is 3.09. The molecule has 3 rings (SSSR count). The maximum Gasteiger partial charge on any atom is 0.353 e. The molecule has 0 atom stereocenters. The van der Waals surface area contributed by atoms with Gasteiger partial charge < -0.3 is 10.2 Å². The van der Waals surface area contributed by atoms with Gasteiger partial charge in [0.05, 0.1) is 10.6 Å². The molecule has 0 aromatic carbocycles. The molecule has 0 radical (unpaired) electrons. The Bertz CT molecular complexity index is 691. The van der Waals surface area contributed by atoms with E-state index >= 15 is 0 Å². The quantitative estimate of drug-likeness (QED) is 0.683. The average molecular weight is 320 g/mol. The fourth-order valence-electron chi connectivity index (χ4n) is 2.42. The maximum atomic E-state index is 11.5. The Hall–Kier alpha value is -2.29. The van der Waals surface area contributed by atoms with Crippen LogP contribution in [0.25, 0.3) is 0 Å². The Morgan fingerprint density at radius 1 is 1.32 bits per heavy atom. The summed E-state index contributed by atoms with van der Waals surface area (Å²) in [6.07, 6.45) is 3.40. The van der Waals surface area contributed by atoms with E-state index in [1.165, 1.54) is 17.7 Å². The van der Waals surface area contributed by atoms with Gasteiger partial charge in [-0.1, -0.05) is 0 Å². The van der Waals surface area contributed by atoms with Gasteiger partial charge in [-0.25, -0.2) is 15.0 Å². The summed E-state index contributed by atoms with van der Waals surface area (Å²) in [5.74, 6) is 0.570. The topological polar surface area (TPSA) is 97.1 Å². The van der Waals surface area contributed by atoms with Crippen molar-refractivity contribution in [3.05, 3.63) is 27.0 Å².